The van der Waals surface area contributed by atoms with Crippen LogP contribution in [0.15, 0.2) is 0 Å². The lowest BCUT2D eigenvalue weighted by Gasteiger charge is -2.23. The molecule has 0 aliphatic heterocycles. The highest BCUT2D eigenvalue weighted by Gasteiger charge is 2.18. The minimum Gasteiger partial charge on any atom is -0.353 e. The van der Waals surface area contributed by atoms with Crippen molar-refractivity contribution in [2.45, 2.75) is 58.9 Å². The maximum atomic E-state index is 11.8. The molecule has 0 atom stereocenters. The van der Waals surface area contributed by atoms with Gasteiger partial charge < -0.3 is 10.2 Å². The Morgan fingerprint density at radius 1 is 1.28 bits per heavy atom. The highest BCUT2D eigenvalue weighted by atomic mass is 16.2. The maximum Gasteiger partial charge on any atom is 0.221 e. The minimum atomic E-state index is 0.0531. The molecule has 1 fully saturated rings. The van der Waals surface area contributed by atoms with E-state index in [1.165, 1.54) is 12.8 Å². The Balaban J connectivity index is 2.27. The van der Waals surface area contributed by atoms with Gasteiger partial charge in [0.25, 0.3) is 0 Å². The Morgan fingerprint density at radius 2 is 1.89 bits per heavy atom. The summed E-state index contributed by atoms with van der Waals surface area (Å²) >= 11 is 0. The van der Waals surface area contributed by atoms with E-state index >= 15 is 0 Å². The molecule has 1 aliphatic carbocycles. The van der Waals surface area contributed by atoms with Gasteiger partial charge in [-0.15, -0.1) is 0 Å². The van der Waals surface area contributed by atoms with E-state index in [0.717, 1.165) is 19.4 Å². The summed E-state index contributed by atoms with van der Waals surface area (Å²) in [7, 11) is 0. The van der Waals surface area contributed by atoms with Crippen molar-refractivity contribution in [3.8, 4) is 0 Å². The van der Waals surface area contributed by atoms with Crippen LogP contribution in [0.1, 0.15) is 52.9 Å². The summed E-state index contributed by atoms with van der Waals surface area (Å²) in [5, 5.41) is 3.05. The average Bonchev–Trinajstić information content (AvgIpc) is 2.76. The number of carbonyl (C=O) groups is 2. The van der Waals surface area contributed by atoms with Crippen molar-refractivity contribution in [3.63, 3.8) is 0 Å². The van der Waals surface area contributed by atoms with Gasteiger partial charge in [-0.3, -0.25) is 9.59 Å². The van der Waals surface area contributed by atoms with E-state index in [-0.39, 0.29) is 11.8 Å². The molecule has 0 aromatic carbocycles. The fourth-order valence-corrected chi connectivity index (χ4v) is 2.42. The molecule has 4 heteroatoms. The lowest BCUT2D eigenvalue weighted by atomic mass is 10.2. The first kappa shape index (κ1) is 15.0. The molecule has 0 bridgehead atoms. The second kappa shape index (κ2) is 7.39. The topological polar surface area (TPSA) is 49.4 Å². The predicted octanol–water partition coefficient (Wildman–Crippen LogP) is 1.94. The summed E-state index contributed by atoms with van der Waals surface area (Å²) in [6.45, 7) is 6.98. The first-order valence-corrected chi connectivity index (χ1v) is 7.04. The number of nitrogens with one attached hydrogen (secondary N) is 1. The zero-order valence-corrected chi connectivity index (χ0v) is 11.9. The van der Waals surface area contributed by atoms with Gasteiger partial charge in [0.1, 0.15) is 0 Å². The molecule has 4 nitrogen and oxygen atoms in total. The summed E-state index contributed by atoms with van der Waals surface area (Å²) < 4.78 is 0. The Hall–Kier alpha value is -1.06. The predicted molar refractivity (Wildman–Crippen MR) is 72.1 cm³/mol. The summed E-state index contributed by atoms with van der Waals surface area (Å²) in [6.07, 6.45) is 5.07. The summed E-state index contributed by atoms with van der Waals surface area (Å²) in [4.78, 5) is 25.0. The van der Waals surface area contributed by atoms with Gasteiger partial charge in [-0.2, -0.15) is 0 Å². The monoisotopic (exact) mass is 254 g/mol. The molecule has 2 amide bonds. The first-order valence-electron chi connectivity index (χ1n) is 7.04. The van der Waals surface area contributed by atoms with Gasteiger partial charge in [0.2, 0.25) is 11.8 Å². The average molecular weight is 254 g/mol. The summed E-state index contributed by atoms with van der Waals surface area (Å²) in [5.74, 6) is 0.570. The van der Waals surface area contributed by atoms with E-state index in [0.29, 0.717) is 24.9 Å². The fraction of sp³-hybridized carbons (Fsp3) is 0.857. The molecule has 1 rings (SSSR count). The van der Waals surface area contributed by atoms with Crippen LogP contribution in [0.4, 0.5) is 0 Å². The van der Waals surface area contributed by atoms with Gasteiger partial charge >= 0.3 is 0 Å². The van der Waals surface area contributed by atoms with Crippen molar-refractivity contribution < 1.29 is 9.59 Å². The highest BCUT2D eigenvalue weighted by molar-refractivity contribution is 5.78. The third kappa shape index (κ3) is 5.52. The van der Waals surface area contributed by atoms with Crippen LogP contribution >= 0.6 is 0 Å². The molecule has 0 radical (unpaired) electrons. The molecule has 0 spiro atoms. The Morgan fingerprint density at radius 3 is 2.39 bits per heavy atom. The van der Waals surface area contributed by atoms with Crippen molar-refractivity contribution in [1.29, 1.82) is 0 Å². The molecular weight excluding hydrogens is 228 g/mol. The van der Waals surface area contributed by atoms with E-state index in [1.807, 2.05) is 0 Å². The Kier molecular flexibility index (Phi) is 6.16. The van der Waals surface area contributed by atoms with Gasteiger partial charge in [0.15, 0.2) is 0 Å². The summed E-state index contributed by atoms with van der Waals surface area (Å²) in [5.41, 5.74) is 0. The van der Waals surface area contributed by atoms with Crippen LogP contribution in [0.3, 0.4) is 0 Å². The second-order valence-corrected chi connectivity index (χ2v) is 5.66. The number of carbonyl (C=O) groups excluding carboxylic acids is 2. The van der Waals surface area contributed by atoms with Crippen LogP contribution in [0.2, 0.25) is 0 Å². The molecule has 0 heterocycles. The smallest absolute Gasteiger partial charge is 0.221 e. The molecule has 1 saturated carbocycles. The van der Waals surface area contributed by atoms with E-state index < -0.39 is 0 Å². The Labute approximate surface area is 110 Å². The number of hydrogen-bond donors (Lipinski definition) is 1. The first-order chi connectivity index (χ1) is 8.49. The Bertz CT molecular complexity index is 284. The molecule has 0 aromatic heterocycles. The third-order valence-corrected chi connectivity index (χ3v) is 3.36. The van der Waals surface area contributed by atoms with Crippen LogP contribution in [0.5, 0.6) is 0 Å². The summed E-state index contributed by atoms with van der Waals surface area (Å²) in [6, 6.07) is 0.369. The van der Waals surface area contributed by atoms with Gasteiger partial charge in [-0.05, 0) is 18.8 Å². The normalized spacial score (nSPS) is 16.0. The van der Waals surface area contributed by atoms with Gasteiger partial charge in [-0.25, -0.2) is 0 Å². The van der Waals surface area contributed by atoms with Crippen molar-refractivity contribution in [3.05, 3.63) is 0 Å². The minimum absolute atomic E-state index is 0.0531. The number of hydrogen-bond acceptors (Lipinski definition) is 2. The zero-order valence-electron chi connectivity index (χ0n) is 11.9. The van der Waals surface area contributed by atoms with Crippen LogP contribution < -0.4 is 5.32 Å². The van der Waals surface area contributed by atoms with E-state index in [2.05, 4.69) is 19.2 Å². The molecular formula is C14H26N2O2. The second-order valence-electron chi connectivity index (χ2n) is 5.66. The van der Waals surface area contributed by atoms with Crippen LogP contribution in [-0.4, -0.2) is 35.8 Å². The zero-order chi connectivity index (χ0) is 13.5. The number of rotatable bonds is 6. The largest absolute Gasteiger partial charge is 0.353 e. The van der Waals surface area contributed by atoms with Crippen molar-refractivity contribution >= 4 is 11.8 Å². The van der Waals surface area contributed by atoms with Crippen molar-refractivity contribution in [2.24, 2.45) is 5.92 Å². The molecule has 18 heavy (non-hydrogen) atoms. The van der Waals surface area contributed by atoms with Crippen molar-refractivity contribution in [2.75, 3.05) is 13.1 Å². The number of amides is 2. The quantitative estimate of drug-likeness (QED) is 0.787. The van der Waals surface area contributed by atoms with E-state index in [9.17, 15) is 9.59 Å². The van der Waals surface area contributed by atoms with Gasteiger partial charge in [-0.1, -0.05) is 26.7 Å². The van der Waals surface area contributed by atoms with Gasteiger partial charge in [0, 0.05) is 32.5 Å². The molecule has 0 aromatic rings. The standard InChI is InChI=1S/C14H26N2O2/c1-11(2)10-16(12(3)17)9-8-14(18)15-13-6-4-5-7-13/h11,13H,4-10H2,1-3H3,(H,15,18). The van der Waals surface area contributed by atoms with E-state index in [1.54, 1.807) is 11.8 Å². The third-order valence-electron chi connectivity index (χ3n) is 3.36. The molecule has 1 N–H and O–H groups in total. The van der Waals surface area contributed by atoms with Crippen LogP contribution in [-0.2, 0) is 9.59 Å². The van der Waals surface area contributed by atoms with Crippen LogP contribution in [0, 0.1) is 5.92 Å². The van der Waals surface area contributed by atoms with Gasteiger partial charge in [0.05, 0.1) is 0 Å². The fourth-order valence-electron chi connectivity index (χ4n) is 2.42. The lowest BCUT2D eigenvalue weighted by molar-refractivity contribution is -0.130. The number of nitrogens with zero attached hydrogens (tertiary/aromatic N) is 1. The SMILES string of the molecule is CC(=O)N(CCC(=O)NC1CCCC1)CC(C)C. The molecule has 1 aliphatic rings. The van der Waals surface area contributed by atoms with Crippen LogP contribution in [0.25, 0.3) is 0 Å². The molecule has 0 saturated heterocycles. The lowest BCUT2D eigenvalue weighted by Crippen LogP contribution is -2.38. The maximum absolute atomic E-state index is 11.8. The highest BCUT2D eigenvalue weighted by Crippen LogP contribution is 2.17. The molecule has 104 valence electrons. The van der Waals surface area contributed by atoms with Crippen molar-refractivity contribution in [1.82, 2.24) is 10.2 Å². The van der Waals surface area contributed by atoms with E-state index in [4.69, 9.17) is 0 Å². The molecule has 0 unspecified atom stereocenters.